The monoisotopic (exact) mass is 267 g/mol. The van der Waals surface area contributed by atoms with Crippen molar-refractivity contribution in [2.45, 2.75) is 12.6 Å². The lowest BCUT2D eigenvalue weighted by atomic mass is 10.1. The van der Waals surface area contributed by atoms with Crippen LogP contribution in [0.4, 0.5) is 4.39 Å². The molecule has 1 saturated heterocycles. The number of hydrogen-bond donors (Lipinski definition) is 3. The molecule has 0 aromatic heterocycles. The summed E-state index contributed by atoms with van der Waals surface area (Å²) in [7, 11) is 0. The molecule has 2 rings (SSSR count). The van der Waals surface area contributed by atoms with Gasteiger partial charge in [-0.15, -0.1) is 0 Å². The van der Waals surface area contributed by atoms with E-state index >= 15 is 0 Å². The Bertz CT molecular complexity index is 467. The Morgan fingerprint density at radius 2 is 2.37 bits per heavy atom. The normalized spacial score (nSPS) is 20.4. The molecule has 1 aliphatic rings. The number of nitrogens with one attached hydrogen (secondary N) is 1. The van der Waals surface area contributed by atoms with Gasteiger partial charge in [0, 0.05) is 25.2 Å². The van der Waals surface area contributed by atoms with Crippen LogP contribution in [-0.4, -0.2) is 48.2 Å². The zero-order valence-corrected chi connectivity index (χ0v) is 10.6. The van der Waals surface area contributed by atoms with Crippen molar-refractivity contribution < 1.29 is 14.2 Å². The van der Waals surface area contributed by atoms with Crippen molar-refractivity contribution in [3.63, 3.8) is 0 Å². The summed E-state index contributed by atoms with van der Waals surface area (Å²) >= 11 is 0. The Kier molecular flexibility index (Phi) is 4.47. The first-order chi connectivity index (χ1) is 9.10. The molecular weight excluding hydrogens is 249 g/mol. The van der Waals surface area contributed by atoms with Gasteiger partial charge in [0.2, 0.25) is 0 Å². The molecule has 4 N–H and O–H groups in total. The zero-order chi connectivity index (χ0) is 13.8. The average molecular weight is 267 g/mol. The second-order valence-corrected chi connectivity index (χ2v) is 4.63. The Morgan fingerprint density at radius 1 is 1.58 bits per heavy atom. The van der Waals surface area contributed by atoms with Crippen LogP contribution in [-0.2, 0) is 11.3 Å². The number of halogens is 1. The van der Waals surface area contributed by atoms with Crippen molar-refractivity contribution in [1.82, 2.24) is 4.90 Å². The number of benzene rings is 1. The minimum atomic E-state index is -0.399. The SMILES string of the molecule is N=C(N)c1cc(F)ccc1CN1CCOC(CO)C1. The summed E-state index contributed by atoms with van der Waals surface area (Å²) in [5.41, 5.74) is 6.71. The first-order valence-electron chi connectivity index (χ1n) is 6.18. The molecule has 0 aliphatic carbocycles. The highest BCUT2D eigenvalue weighted by Crippen LogP contribution is 2.15. The molecular formula is C13H18FN3O2. The van der Waals surface area contributed by atoms with E-state index in [4.69, 9.17) is 21.0 Å². The molecule has 1 atom stereocenters. The molecule has 1 aliphatic heterocycles. The van der Waals surface area contributed by atoms with E-state index in [1.54, 1.807) is 6.07 Å². The number of hydrogen-bond acceptors (Lipinski definition) is 4. The Balaban J connectivity index is 2.12. The summed E-state index contributed by atoms with van der Waals surface area (Å²) in [6.45, 7) is 2.47. The highest BCUT2D eigenvalue weighted by molar-refractivity contribution is 5.96. The fourth-order valence-corrected chi connectivity index (χ4v) is 2.21. The molecule has 104 valence electrons. The van der Waals surface area contributed by atoms with Crippen LogP contribution >= 0.6 is 0 Å². The molecule has 1 unspecified atom stereocenters. The zero-order valence-electron chi connectivity index (χ0n) is 10.6. The Hall–Kier alpha value is -1.50. The van der Waals surface area contributed by atoms with E-state index in [0.29, 0.717) is 25.3 Å². The molecule has 5 nitrogen and oxygen atoms in total. The molecule has 1 fully saturated rings. The van der Waals surface area contributed by atoms with Crippen LogP contribution in [0.15, 0.2) is 18.2 Å². The fourth-order valence-electron chi connectivity index (χ4n) is 2.21. The Labute approximate surface area is 111 Å². The van der Waals surface area contributed by atoms with Gasteiger partial charge < -0.3 is 15.6 Å². The average Bonchev–Trinajstić information content (AvgIpc) is 2.41. The second-order valence-electron chi connectivity index (χ2n) is 4.63. The van der Waals surface area contributed by atoms with Crippen molar-refractivity contribution in [3.8, 4) is 0 Å². The summed E-state index contributed by atoms with van der Waals surface area (Å²) in [6.07, 6.45) is -0.185. The van der Waals surface area contributed by atoms with Gasteiger partial charge in [0.1, 0.15) is 11.7 Å². The van der Waals surface area contributed by atoms with E-state index < -0.39 is 5.82 Å². The highest BCUT2D eigenvalue weighted by atomic mass is 19.1. The summed E-state index contributed by atoms with van der Waals surface area (Å²) < 4.78 is 18.6. The summed E-state index contributed by atoms with van der Waals surface area (Å²) in [5.74, 6) is -0.536. The molecule has 1 aromatic rings. The van der Waals surface area contributed by atoms with Gasteiger partial charge in [-0.1, -0.05) is 6.07 Å². The van der Waals surface area contributed by atoms with Crippen molar-refractivity contribution in [2.24, 2.45) is 5.73 Å². The smallest absolute Gasteiger partial charge is 0.123 e. The molecule has 1 heterocycles. The first kappa shape index (κ1) is 13.9. The van der Waals surface area contributed by atoms with Crippen molar-refractivity contribution in [2.75, 3.05) is 26.3 Å². The van der Waals surface area contributed by atoms with E-state index in [-0.39, 0.29) is 18.5 Å². The molecule has 6 heteroatoms. The van der Waals surface area contributed by atoms with Gasteiger partial charge in [-0.2, -0.15) is 0 Å². The molecule has 0 spiro atoms. The van der Waals surface area contributed by atoms with Crippen LogP contribution < -0.4 is 5.73 Å². The van der Waals surface area contributed by atoms with E-state index in [2.05, 4.69) is 4.90 Å². The van der Waals surface area contributed by atoms with Crippen LogP contribution in [0.25, 0.3) is 0 Å². The predicted molar refractivity (Wildman–Crippen MR) is 69.5 cm³/mol. The van der Waals surface area contributed by atoms with Crippen molar-refractivity contribution in [1.29, 1.82) is 5.41 Å². The van der Waals surface area contributed by atoms with E-state index in [1.807, 2.05) is 0 Å². The number of aliphatic hydroxyl groups is 1. The quantitative estimate of drug-likeness (QED) is 0.541. The second kappa shape index (κ2) is 6.10. The third-order valence-electron chi connectivity index (χ3n) is 3.18. The molecule has 0 bridgehead atoms. The minimum Gasteiger partial charge on any atom is -0.394 e. The summed E-state index contributed by atoms with van der Waals surface area (Å²) in [4.78, 5) is 2.10. The number of amidine groups is 1. The minimum absolute atomic E-state index is 0.0144. The standard InChI is InChI=1S/C13H18FN3O2/c14-10-2-1-9(12(5-10)13(15)16)6-17-3-4-19-11(7-17)8-18/h1-2,5,11,18H,3-4,6-8H2,(H3,15,16). The van der Waals surface area contributed by atoms with Crippen LogP contribution in [0.1, 0.15) is 11.1 Å². The number of nitrogen functional groups attached to an aromatic ring is 1. The van der Waals surface area contributed by atoms with Gasteiger partial charge >= 0.3 is 0 Å². The number of rotatable bonds is 4. The number of nitrogens with two attached hydrogens (primary N) is 1. The lowest BCUT2D eigenvalue weighted by Crippen LogP contribution is -2.43. The van der Waals surface area contributed by atoms with Crippen LogP contribution in [0.3, 0.4) is 0 Å². The van der Waals surface area contributed by atoms with Crippen LogP contribution in [0.5, 0.6) is 0 Å². The third kappa shape index (κ3) is 3.50. The highest BCUT2D eigenvalue weighted by Gasteiger charge is 2.20. The fraction of sp³-hybridized carbons (Fsp3) is 0.462. The number of nitrogens with zero attached hydrogens (tertiary/aromatic N) is 1. The molecule has 19 heavy (non-hydrogen) atoms. The summed E-state index contributed by atoms with van der Waals surface area (Å²) in [5, 5.41) is 16.6. The maximum absolute atomic E-state index is 13.2. The van der Waals surface area contributed by atoms with Crippen LogP contribution in [0, 0.1) is 11.2 Å². The lowest BCUT2D eigenvalue weighted by molar-refractivity contribution is -0.0551. The lowest BCUT2D eigenvalue weighted by Gasteiger charge is -2.32. The largest absolute Gasteiger partial charge is 0.394 e. The van der Waals surface area contributed by atoms with Gasteiger partial charge in [0.25, 0.3) is 0 Å². The topological polar surface area (TPSA) is 82.6 Å². The van der Waals surface area contributed by atoms with Gasteiger partial charge in [-0.25, -0.2) is 4.39 Å². The van der Waals surface area contributed by atoms with Crippen molar-refractivity contribution >= 4 is 5.84 Å². The predicted octanol–water partition coefficient (Wildman–Crippen LogP) is 0.303. The number of morpholine rings is 1. The molecule has 1 aromatic carbocycles. The van der Waals surface area contributed by atoms with Gasteiger partial charge in [-0.05, 0) is 17.7 Å². The van der Waals surface area contributed by atoms with E-state index in [1.165, 1.54) is 12.1 Å². The first-order valence-corrected chi connectivity index (χ1v) is 6.18. The van der Waals surface area contributed by atoms with Crippen LogP contribution in [0.2, 0.25) is 0 Å². The van der Waals surface area contributed by atoms with Gasteiger partial charge in [-0.3, -0.25) is 10.3 Å². The molecule has 0 amide bonds. The number of aliphatic hydroxyl groups excluding tert-OH is 1. The maximum atomic E-state index is 13.2. The van der Waals surface area contributed by atoms with Gasteiger partial charge in [0.05, 0.1) is 19.3 Å². The third-order valence-corrected chi connectivity index (χ3v) is 3.18. The van der Waals surface area contributed by atoms with Crippen molar-refractivity contribution in [3.05, 3.63) is 35.1 Å². The maximum Gasteiger partial charge on any atom is 0.123 e. The summed E-state index contributed by atoms with van der Waals surface area (Å²) in [6, 6.07) is 4.29. The Morgan fingerprint density at radius 3 is 3.05 bits per heavy atom. The molecule has 0 saturated carbocycles. The number of ether oxygens (including phenoxy) is 1. The van der Waals surface area contributed by atoms with Gasteiger partial charge in [0.15, 0.2) is 0 Å². The van der Waals surface area contributed by atoms with E-state index in [0.717, 1.165) is 12.1 Å². The molecule has 0 radical (unpaired) electrons. The van der Waals surface area contributed by atoms with E-state index in [9.17, 15) is 4.39 Å².